The maximum atomic E-state index is 5.51. The summed E-state index contributed by atoms with van der Waals surface area (Å²) >= 11 is 0. The van der Waals surface area contributed by atoms with Gasteiger partial charge in [-0.3, -0.25) is 0 Å². The second kappa shape index (κ2) is 6.46. The molecule has 0 spiro atoms. The van der Waals surface area contributed by atoms with Crippen molar-refractivity contribution in [2.45, 2.75) is 18.8 Å². The molecule has 0 aliphatic carbocycles. The largest absolute Gasteiger partial charge is 0.339 e. The van der Waals surface area contributed by atoms with Gasteiger partial charge >= 0.3 is 0 Å². The van der Waals surface area contributed by atoms with Crippen molar-refractivity contribution in [2.24, 2.45) is 0 Å². The maximum Gasteiger partial charge on any atom is 0.231 e. The van der Waals surface area contributed by atoms with Gasteiger partial charge in [0.2, 0.25) is 11.7 Å². The van der Waals surface area contributed by atoms with Crippen molar-refractivity contribution in [1.29, 1.82) is 0 Å². The molecule has 1 aliphatic heterocycles. The first-order valence-electron chi connectivity index (χ1n) is 7.44. The van der Waals surface area contributed by atoms with Crippen molar-refractivity contribution >= 4 is 23.2 Å². The summed E-state index contributed by atoms with van der Waals surface area (Å²) in [5.41, 5.74) is 1.03. The molecule has 0 amide bonds. The van der Waals surface area contributed by atoms with Crippen LogP contribution >= 0.6 is 12.4 Å². The lowest BCUT2D eigenvalue weighted by Crippen LogP contribution is -2.28. The monoisotopic (exact) mass is 315 g/mol. The van der Waals surface area contributed by atoms with Crippen molar-refractivity contribution < 1.29 is 4.52 Å². The van der Waals surface area contributed by atoms with Gasteiger partial charge in [0.15, 0.2) is 0 Å². The number of benzene rings is 2. The summed E-state index contributed by atoms with van der Waals surface area (Å²) in [6.07, 6.45) is 2.28. The molecule has 1 saturated heterocycles. The molecule has 0 radical (unpaired) electrons. The number of hydrogen-bond acceptors (Lipinski definition) is 4. The molecule has 22 heavy (non-hydrogen) atoms. The third-order valence-electron chi connectivity index (χ3n) is 4.12. The molecule has 1 N–H and O–H groups in total. The van der Waals surface area contributed by atoms with Crippen LogP contribution in [0.5, 0.6) is 0 Å². The Hall–Kier alpha value is -1.91. The summed E-state index contributed by atoms with van der Waals surface area (Å²) in [6.45, 7) is 2.01. The number of nitrogens with one attached hydrogen (secondary N) is 1. The van der Waals surface area contributed by atoms with Crippen LogP contribution in [-0.4, -0.2) is 23.2 Å². The predicted octanol–water partition coefficient (Wildman–Crippen LogP) is 3.78. The Morgan fingerprint density at radius 3 is 2.82 bits per heavy atom. The standard InChI is InChI=1S/C17H17N3O.ClH/c1-2-8-14-12(5-1)6-3-9-15(14)16-19-17(21-20-16)13-7-4-10-18-11-13;/h1-3,5-6,8-9,13,18H,4,7,10-11H2;1H. The third-order valence-corrected chi connectivity index (χ3v) is 4.12. The number of hydrogen-bond donors (Lipinski definition) is 1. The predicted molar refractivity (Wildman–Crippen MR) is 89.3 cm³/mol. The van der Waals surface area contributed by atoms with Crippen LogP contribution in [0.15, 0.2) is 47.0 Å². The normalized spacial score (nSPS) is 18.1. The molecule has 4 rings (SSSR count). The van der Waals surface area contributed by atoms with Gasteiger partial charge < -0.3 is 9.84 Å². The second-order valence-electron chi connectivity index (χ2n) is 5.53. The summed E-state index contributed by atoms with van der Waals surface area (Å²) in [5, 5.41) is 9.94. The fraction of sp³-hybridized carbons (Fsp3) is 0.294. The Morgan fingerprint density at radius 1 is 1.09 bits per heavy atom. The van der Waals surface area contributed by atoms with E-state index >= 15 is 0 Å². The highest BCUT2D eigenvalue weighted by Crippen LogP contribution is 2.29. The topological polar surface area (TPSA) is 51.0 Å². The van der Waals surface area contributed by atoms with Crippen LogP contribution in [0.2, 0.25) is 0 Å². The molecule has 0 saturated carbocycles. The van der Waals surface area contributed by atoms with Gasteiger partial charge in [-0.25, -0.2) is 0 Å². The van der Waals surface area contributed by atoms with Gasteiger partial charge in [-0.1, -0.05) is 47.6 Å². The van der Waals surface area contributed by atoms with Crippen molar-refractivity contribution in [3.63, 3.8) is 0 Å². The first kappa shape index (κ1) is 15.0. The van der Waals surface area contributed by atoms with E-state index in [0.717, 1.165) is 42.8 Å². The highest BCUT2D eigenvalue weighted by atomic mass is 35.5. The van der Waals surface area contributed by atoms with Crippen LogP contribution < -0.4 is 5.32 Å². The number of nitrogens with zero attached hydrogens (tertiary/aromatic N) is 2. The van der Waals surface area contributed by atoms with Crippen LogP contribution in [0.3, 0.4) is 0 Å². The maximum absolute atomic E-state index is 5.51. The minimum Gasteiger partial charge on any atom is -0.339 e. The Balaban J connectivity index is 0.00000144. The van der Waals surface area contributed by atoms with Crippen LogP contribution in [0.25, 0.3) is 22.2 Å². The Labute approximate surface area is 135 Å². The lowest BCUT2D eigenvalue weighted by Gasteiger charge is -2.18. The quantitative estimate of drug-likeness (QED) is 0.782. The first-order valence-corrected chi connectivity index (χ1v) is 7.44. The molecule has 2 heterocycles. The van der Waals surface area contributed by atoms with Gasteiger partial charge in [0, 0.05) is 12.1 Å². The summed E-state index contributed by atoms with van der Waals surface area (Å²) in [6, 6.07) is 14.5. The number of fused-ring (bicyclic) bond motifs is 1. The second-order valence-corrected chi connectivity index (χ2v) is 5.53. The van der Waals surface area contributed by atoms with Crippen molar-refractivity contribution in [2.75, 3.05) is 13.1 Å². The molecule has 0 bridgehead atoms. The Bertz CT molecular complexity index is 760. The van der Waals surface area contributed by atoms with Gasteiger partial charge in [0.05, 0.1) is 5.92 Å². The highest BCUT2D eigenvalue weighted by molar-refractivity contribution is 5.94. The third kappa shape index (κ3) is 2.72. The minimum atomic E-state index is 0. The summed E-state index contributed by atoms with van der Waals surface area (Å²) < 4.78 is 5.51. The highest BCUT2D eigenvalue weighted by Gasteiger charge is 2.22. The van der Waals surface area contributed by atoms with Crippen LogP contribution in [0.4, 0.5) is 0 Å². The van der Waals surface area contributed by atoms with E-state index in [1.54, 1.807) is 0 Å². The van der Waals surface area contributed by atoms with E-state index in [1.165, 1.54) is 5.39 Å². The fourth-order valence-electron chi connectivity index (χ4n) is 2.99. The molecule has 3 aromatic rings. The molecule has 1 atom stereocenters. The zero-order valence-corrected chi connectivity index (χ0v) is 13.0. The van der Waals surface area contributed by atoms with E-state index in [0.29, 0.717) is 11.7 Å². The average Bonchev–Trinajstić information content (AvgIpc) is 3.05. The summed E-state index contributed by atoms with van der Waals surface area (Å²) in [7, 11) is 0. The zero-order chi connectivity index (χ0) is 14.1. The average molecular weight is 316 g/mol. The van der Waals surface area contributed by atoms with Crippen LogP contribution in [0, 0.1) is 0 Å². The number of rotatable bonds is 2. The SMILES string of the molecule is Cl.c1ccc2c(-c3noc(C4CCCNC4)n3)cccc2c1. The zero-order valence-electron chi connectivity index (χ0n) is 12.2. The van der Waals surface area contributed by atoms with Crippen LogP contribution in [-0.2, 0) is 0 Å². The lowest BCUT2D eigenvalue weighted by atomic mass is 10.00. The molecule has 5 heteroatoms. The molecule has 1 unspecified atom stereocenters. The van der Waals surface area contributed by atoms with E-state index < -0.39 is 0 Å². The van der Waals surface area contributed by atoms with E-state index in [1.807, 2.05) is 18.2 Å². The fourth-order valence-corrected chi connectivity index (χ4v) is 2.99. The molecular formula is C17H18ClN3O. The van der Waals surface area contributed by atoms with Crippen molar-refractivity contribution in [3.8, 4) is 11.4 Å². The Morgan fingerprint density at radius 2 is 1.95 bits per heavy atom. The molecule has 1 fully saturated rings. The van der Waals surface area contributed by atoms with Crippen molar-refractivity contribution in [3.05, 3.63) is 48.4 Å². The van der Waals surface area contributed by atoms with Gasteiger partial charge in [0.1, 0.15) is 0 Å². The van der Waals surface area contributed by atoms with Gasteiger partial charge in [-0.2, -0.15) is 4.98 Å². The number of aromatic nitrogens is 2. The van der Waals surface area contributed by atoms with Gasteiger partial charge in [-0.15, -0.1) is 12.4 Å². The molecule has 1 aliphatic rings. The number of piperidine rings is 1. The van der Waals surface area contributed by atoms with E-state index in [-0.39, 0.29) is 12.4 Å². The van der Waals surface area contributed by atoms with E-state index in [2.05, 4.69) is 39.7 Å². The molecular weight excluding hydrogens is 298 g/mol. The minimum absolute atomic E-state index is 0. The smallest absolute Gasteiger partial charge is 0.231 e. The van der Waals surface area contributed by atoms with E-state index in [9.17, 15) is 0 Å². The molecule has 4 nitrogen and oxygen atoms in total. The van der Waals surface area contributed by atoms with Crippen LogP contribution in [0.1, 0.15) is 24.7 Å². The summed E-state index contributed by atoms with van der Waals surface area (Å²) in [5.74, 6) is 1.78. The Kier molecular flexibility index (Phi) is 4.41. The molecule has 2 aromatic carbocycles. The molecule has 114 valence electrons. The summed E-state index contributed by atoms with van der Waals surface area (Å²) in [4.78, 5) is 4.64. The van der Waals surface area contributed by atoms with E-state index in [4.69, 9.17) is 4.52 Å². The first-order chi connectivity index (χ1) is 10.4. The lowest BCUT2D eigenvalue weighted by molar-refractivity contribution is 0.322. The number of halogens is 1. The van der Waals surface area contributed by atoms with Crippen molar-refractivity contribution in [1.82, 2.24) is 15.5 Å². The van der Waals surface area contributed by atoms with Gasteiger partial charge in [-0.05, 0) is 30.2 Å². The molecule has 1 aromatic heterocycles. The van der Waals surface area contributed by atoms with Gasteiger partial charge in [0.25, 0.3) is 0 Å².